The van der Waals surface area contributed by atoms with Crippen LogP contribution < -0.4 is 5.32 Å². The normalized spacial score (nSPS) is 16.1. The summed E-state index contributed by atoms with van der Waals surface area (Å²) in [5.41, 5.74) is 2.49. The maximum atomic E-state index is 12.6. The number of hydrogen-bond acceptors (Lipinski definition) is 7. The summed E-state index contributed by atoms with van der Waals surface area (Å²) in [5, 5.41) is 17.3. The molecule has 1 aliphatic rings. The van der Waals surface area contributed by atoms with Gasteiger partial charge in [-0.25, -0.2) is 8.78 Å². The number of hydrogen-bond donors (Lipinski definition) is 1. The number of carbonyl (C=O) groups excluding carboxylic acids is 1. The van der Waals surface area contributed by atoms with E-state index >= 15 is 0 Å². The minimum absolute atomic E-state index is 0.00274. The average molecular weight is 361 g/mol. The highest BCUT2D eigenvalue weighted by atomic mass is 19.3. The second kappa shape index (κ2) is 6.24. The first-order valence-corrected chi connectivity index (χ1v) is 7.81. The zero-order chi connectivity index (χ0) is 18.3. The van der Waals surface area contributed by atoms with Gasteiger partial charge in [-0.2, -0.15) is 9.78 Å². The van der Waals surface area contributed by atoms with Gasteiger partial charge in [-0.3, -0.25) is 4.79 Å². The van der Waals surface area contributed by atoms with E-state index in [4.69, 9.17) is 4.52 Å². The number of nitrogens with zero attached hydrogens (tertiary/aromatic N) is 6. The van der Waals surface area contributed by atoms with Crippen LogP contribution in [-0.4, -0.2) is 36.3 Å². The van der Waals surface area contributed by atoms with Gasteiger partial charge in [-0.05, 0) is 41.3 Å². The summed E-state index contributed by atoms with van der Waals surface area (Å²) in [6.07, 6.45) is -1.36. The largest absolute Gasteiger partial charge is 0.342 e. The summed E-state index contributed by atoms with van der Waals surface area (Å²) in [6.45, 7) is 0. The smallest absolute Gasteiger partial charge is 0.300 e. The van der Waals surface area contributed by atoms with Gasteiger partial charge < -0.3 is 9.84 Å². The molecule has 1 aliphatic carbocycles. The van der Waals surface area contributed by atoms with Gasteiger partial charge in [-0.15, -0.1) is 10.2 Å². The minimum atomic E-state index is -2.78. The van der Waals surface area contributed by atoms with Crippen molar-refractivity contribution in [2.75, 3.05) is 0 Å². The van der Waals surface area contributed by atoms with Crippen molar-refractivity contribution in [2.24, 2.45) is 7.05 Å². The van der Waals surface area contributed by atoms with Crippen molar-refractivity contribution in [1.29, 1.82) is 0 Å². The van der Waals surface area contributed by atoms with Crippen molar-refractivity contribution < 1.29 is 18.1 Å². The SMILES string of the molecule is Cn1nnc(C(=O)NC2CCc3cc(-c4nc(C(F)F)no4)ccc32)n1. The van der Waals surface area contributed by atoms with Crippen LogP contribution in [-0.2, 0) is 13.5 Å². The average Bonchev–Trinajstić information content (AvgIpc) is 3.34. The van der Waals surface area contributed by atoms with Crippen LogP contribution in [0.3, 0.4) is 0 Å². The van der Waals surface area contributed by atoms with Crippen molar-refractivity contribution >= 4 is 5.91 Å². The Labute approximate surface area is 145 Å². The number of nitrogens with one attached hydrogen (secondary N) is 1. The van der Waals surface area contributed by atoms with Crippen molar-refractivity contribution in [2.45, 2.75) is 25.3 Å². The summed E-state index contributed by atoms with van der Waals surface area (Å²) < 4.78 is 30.1. The van der Waals surface area contributed by atoms with Crippen molar-refractivity contribution in [3.8, 4) is 11.5 Å². The lowest BCUT2D eigenvalue weighted by Gasteiger charge is -2.12. The molecule has 9 nitrogen and oxygen atoms in total. The van der Waals surface area contributed by atoms with E-state index in [0.717, 1.165) is 17.5 Å². The van der Waals surface area contributed by atoms with Gasteiger partial charge >= 0.3 is 6.43 Å². The number of halogens is 2. The van der Waals surface area contributed by atoms with Gasteiger partial charge in [-0.1, -0.05) is 11.2 Å². The molecular formula is C15H13F2N7O2. The highest BCUT2D eigenvalue weighted by Gasteiger charge is 2.27. The first-order chi connectivity index (χ1) is 12.5. The maximum Gasteiger partial charge on any atom is 0.300 e. The number of fused-ring (bicyclic) bond motifs is 1. The monoisotopic (exact) mass is 361 g/mol. The van der Waals surface area contributed by atoms with E-state index in [1.165, 1.54) is 4.80 Å². The summed E-state index contributed by atoms with van der Waals surface area (Å²) in [4.78, 5) is 17.1. The Balaban J connectivity index is 1.53. The van der Waals surface area contributed by atoms with Gasteiger partial charge in [0, 0.05) is 5.56 Å². The molecule has 26 heavy (non-hydrogen) atoms. The fraction of sp³-hybridized carbons (Fsp3) is 0.333. The van der Waals surface area contributed by atoms with Crippen molar-refractivity contribution in [1.82, 2.24) is 35.7 Å². The molecule has 1 unspecified atom stereocenters. The summed E-state index contributed by atoms with van der Waals surface area (Å²) in [5.74, 6) is -0.997. The van der Waals surface area contributed by atoms with Crippen LogP contribution in [0.4, 0.5) is 8.78 Å². The van der Waals surface area contributed by atoms with Crippen LogP contribution >= 0.6 is 0 Å². The van der Waals surface area contributed by atoms with Crippen LogP contribution in [0.25, 0.3) is 11.5 Å². The molecule has 0 aliphatic heterocycles. The molecule has 11 heteroatoms. The number of rotatable bonds is 4. The van der Waals surface area contributed by atoms with E-state index in [1.807, 2.05) is 12.1 Å². The number of aryl methyl sites for hydroxylation is 2. The molecule has 134 valence electrons. The Bertz CT molecular complexity index is 969. The summed E-state index contributed by atoms with van der Waals surface area (Å²) in [7, 11) is 1.58. The third kappa shape index (κ3) is 2.91. The minimum Gasteiger partial charge on any atom is -0.342 e. The lowest BCUT2D eigenvalue weighted by molar-refractivity contribution is 0.0925. The third-order valence-electron chi connectivity index (χ3n) is 4.12. The third-order valence-corrected chi connectivity index (χ3v) is 4.12. The predicted molar refractivity (Wildman–Crippen MR) is 82.0 cm³/mol. The molecular weight excluding hydrogens is 348 g/mol. The molecule has 2 heterocycles. The van der Waals surface area contributed by atoms with Crippen LogP contribution in [0.15, 0.2) is 22.7 Å². The molecule has 0 spiro atoms. The number of amides is 1. The molecule has 1 amide bonds. The van der Waals surface area contributed by atoms with Crippen LogP contribution in [0.5, 0.6) is 0 Å². The molecule has 2 aromatic heterocycles. The van der Waals surface area contributed by atoms with Gasteiger partial charge in [0.15, 0.2) is 0 Å². The Morgan fingerprint density at radius 1 is 1.42 bits per heavy atom. The molecule has 1 aromatic carbocycles. The van der Waals surface area contributed by atoms with E-state index in [2.05, 4.69) is 30.9 Å². The molecule has 0 bridgehead atoms. The zero-order valence-corrected chi connectivity index (χ0v) is 13.6. The number of carbonyl (C=O) groups is 1. The Morgan fingerprint density at radius 2 is 2.27 bits per heavy atom. The predicted octanol–water partition coefficient (Wildman–Crippen LogP) is 1.61. The van der Waals surface area contributed by atoms with Gasteiger partial charge in [0.1, 0.15) is 0 Å². The van der Waals surface area contributed by atoms with Gasteiger partial charge in [0.2, 0.25) is 5.82 Å². The summed E-state index contributed by atoms with van der Waals surface area (Å²) in [6, 6.07) is 5.14. The second-order valence-electron chi connectivity index (χ2n) is 5.84. The van der Waals surface area contributed by atoms with E-state index in [0.29, 0.717) is 12.0 Å². The van der Waals surface area contributed by atoms with Crippen molar-refractivity contribution in [3.63, 3.8) is 0 Å². The number of benzene rings is 1. The van der Waals surface area contributed by atoms with Crippen LogP contribution in [0.1, 0.15) is 46.5 Å². The van der Waals surface area contributed by atoms with Crippen LogP contribution in [0.2, 0.25) is 0 Å². The first kappa shape index (κ1) is 16.2. The molecule has 0 saturated carbocycles. The molecule has 4 rings (SSSR count). The number of aromatic nitrogens is 6. The second-order valence-corrected chi connectivity index (χ2v) is 5.84. The lowest BCUT2D eigenvalue weighted by Crippen LogP contribution is -2.28. The standard InChI is InChI=1S/C15H13F2N7O2/c1-24-21-13(20-23-24)14(25)18-10-5-3-7-6-8(2-4-9(7)10)15-19-12(11(16)17)22-26-15/h2,4,6,10-11H,3,5H2,1H3,(H,18,25). The van der Waals surface area contributed by atoms with E-state index in [1.54, 1.807) is 13.1 Å². The Hall–Kier alpha value is -3.24. The molecule has 3 aromatic rings. The topological polar surface area (TPSA) is 112 Å². The Morgan fingerprint density at radius 3 is 2.96 bits per heavy atom. The summed E-state index contributed by atoms with van der Waals surface area (Å²) >= 11 is 0. The highest BCUT2D eigenvalue weighted by molar-refractivity contribution is 5.90. The number of tetrazole rings is 1. The molecule has 0 saturated heterocycles. The molecule has 1 atom stereocenters. The Kier molecular flexibility index (Phi) is 3.90. The zero-order valence-electron chi connectivity index (χ0n) is 13.6. The van der Waals surface area contributed by atoms with Gasteiger partial charge in [0.25, 0.3) is 17.6 Å². The number of alkyl halides is 2. The highest BCUT2D eigenvalue weighted by Crippen LogP contribution is 2.34. The van der Waals surface area contributed by atoms with E-state index in [-0.39, 0.29) is 17.8 Å². The molecule has 0 radical (unpaired) electrons. The van der Waals surface area contributed by atoms with Gasteiger partial charge in [0.05, 0.1) is 13.1 Å². The van der Waals surface area contributed by atoms with E-state index < -0.39 is 18.2 Å². The first-order valence-electron chi connectivity index (χ1n) is 7.81. The fourth-order valence-electron chi connectivity index (χ4n) is 2.94. The van der Waals surface area contributed by atoms with Crippen LogP contribution in [0, 0.1) is 0 Å². The molecule has 1 N–H and O–H groups in total. The van der Waals surface area contributed by atoms with Crippen molar-refractivity contribution in [3.05, 3.63) is 41.0 Å². The maximum absolute atomic E-state index is 12.6. The quantitative estimate of drug-likeness (QED) is 0.751. The fourth-order valence-corrected chi connectivity index (χ4v) is 2.94. The molecule has 0 fully saturated rings. The van der Waals surface area contributed by atoms with E-state index in [9.17, 15) is 13.6 Å². The lowest BCUT2D eigenvalue weighted by atomic mass is 10.0.